The Morgan fingerprint density at radius 1 is 1.23 bits per heavy atom. The molecule has 1 rings (SSSR count). The lowest BCUT2D eigenvalue weighted by molar-refractivity contribution is 0.282. The van der Waals surface area contributed by atoms with E-state index in [-0.39, 0.29) is 6.61 Å². The largest absolute Gasteiger partial charge is 0.392 e. The SMILES string of the molecule is CC(C)CSc1ccc(CO)cc1. The average molecular weight is 196 g/mol. The molecule has 0 atom stereocenters. The van der Waals surface area contributed by atoms with Crippen LogP contribution in [-0.4, -0.2) is 10.9 Å². The van der Waals surface area contributed by atoms with Gasteiger partial charge in [0, 0.05) is 10.6 Å². The number of rotatable bonds is 4. The first-order chi connectivity index (χ1) is 6.22. The Bertz CT molecular complexity index is 241. The number of hydrogen-bond donors (Lipinski definition) is 1. The highest BCUT2D eigenvalue weighted by Crippen LogP contribution is 2.20. The molecule has 0 saturated carbocycles. The zero-order valence-corrected chi connectivity index (χ0v) is 8.97. The van der Waals surface area contributed by atoms with E-state index in [2.05, 4.69) is 26.0 Å². The van der Waals surface area contributed by atoms with Gasteiger partial charge in [0.15, 0.2) is 0 Å². The van der Waals surface area contributed by atoms with Gasteiger partial charge in [-0.3, -0.25) is 0 Å². The Morgan fingerprint density at radius 2 is 1.85 bits per heavy atom. The van der Waals surface area contributed by atoms with Crippen LogP contribution < -0.4 is 0 Å². The highest BCUT2D eigenvalue weighted by atomic mass is 32.2. The standard InChI is InChI=1S/C11H16OS/c1-9(2)8-13-11-5-3-10(7-12)4-6-11/h3-6,9,12H,7-8H2,1-2H3. The Hall–Kier alpha value is -0.470. The molecule has 0 aromatic heterocycles. The van der Waals surface area contributed by atoms with Gasteiger partial charge in [0.05, 0.1) is 6.61 Å². The van der Waals surface area contributed by atoms with Gasteiger partial charge in [0.2, 0.25) is 0 Å². The van der Waals surface area contributed by atoms with Crippen molar-refractivity contribution in [3.63, 3.8) is 0 Å². The molecule has 72 valence electrons. The Balaban J connectivity index is 2.49. The van der Waals surface area contributed by atoms with Crippen molar-refractivity contribution in [1.29, 1.82) is 0 Å². The smallest absolute Gasteiger partial charge is 0.0681 e. The molecule has 0 radical (unpaired) electrons. The Labute approximate surface area is 84.2 Å². The van der Waals surface area contributed by atoms with E-state index in [1.165, 1.54) is 4.90 Å². The van der Waals surface area contributed by atoms with Gasteiger partial charge in [-0.05, 0) is 23.6 Å². The molecule has 0 spiro atoms. The fourth-order valence-corrected chi connectivity index (χ4v) is 1.81. The molecule has 0 fully saturated rings. The quantitative estimate of drug-likeness (QED) is 0.747. The van der Waals surface area contributed by atoms with Crippen molar-refractivity contribution in [2.75, 3.05) is 5.75 Å². The van der Waals surface area contributed by atoms with Crippen LogP contribution in [0.4, 0.5) is 0 Å². The van der Waals surface area contributed by atoms with E-state index < -0.39 is 0 Å². The summed E-state index contributed by atoms with van der Waals surface area (Å²) < 4.78 is 0. The van der Waals surface area contributed by atoms with Crippen LogP contribution in [0.3, 0.4) is 0 Å². The lowest BCUT2D eigenvalue weighted by Gasteiger charge is -2.04. The molecule has 13 heavy (non-hydrogen) atoms. The second kappa shape index (κ2) is 5.30. The van der Waals surface area contributed by atoms with Gasteiger partial charge in [-0.15, -0.1) is 11.8 Å². The third kappa shape index (κ3) is 3.83. The van der Waals surface area contributed by atoms with Crippen LogP contribution in [0.5, 0.6) is 0 Å². The van der Waals surface area contributed by atoms with E-state index in [1.807, 2.05) is 23.9 Å². The third-order valence-electron chi connectivity index (χ3n) is 1.69. The first-order valence-electron chi connectivity index (χ1n) is 4.55. The summed E-state index contributed by atoms with van der Waals surface area (Å²) in [6, 6.07) is 8.09. The molecular weight excluding hydrogens is 180 g/mol. The molecule has 1 aromatic rings. The third-order valence-corrected chi connectivity index (χ3v) is 3.13. The number of benzene rings is 1. The van der Waals surface area contributed by atoms with E-state index >= 15 is 0 Å². The predicted octanol–water partition coefficient (Wildman–Crippen LogP) is 2.93. The molecule has 2 heteroatoms. The minimum Gasteiger partial charge on any atom is -0.392 e. The van der Waals surface area contributed by atoms with Crippen molar-refractivity contribution in [1.82, 2.24) is 0 Å². The van der Waals surface area contributed by atoms with Crippen molar-refractivity contribution in [3.8, 4) is 0 Å². The summed E-state index contributed by atoms with van der Waals surface area (Å²) in [4.78, 5) is 1.28. The van der Waals surface area contributed by atoms with Gasteiger partial charge in [-0.25, -0.2) is 0 Å². The molecule has 0 saturated heterocycles. The number of hydrogen-bond acceptors (Lipinski definition) is 2. The van der Waals surface area contributed by atoms with Crippen molar-refractivity contribution in [3.05, 3.63) is 29.8 Å². The summed E-state index contributed by atoms with van der Waals surface area (Å²) in [5, 5.41) is 8.84. The maximum absolute atomic E-state index is 8.84. The molecule has 1 N–H and O–H groups in total. The van der Waals surface area contributed by atoms with E-state index in [1.54, 1.807) is 0 Å². The molecule has 1 nitrogen and oxygen atoms in total. The maximum Gasteiger partial charge on any atom is 0.0681 e. The monoisotopic (exact) mass is 196 g/mol. The minimum absolute atomic E-state index is 0.134. The molecule has 0 bridgehead atoms. The minimum atomic E-state index is 0.134. The molecule has 1 aromatic carbocycles. The van der Waals surface area contributed by atoms with E-state index in [9.17, 15) is 0 Å². The van der Waals surface area contributed by atoms with Crippen LogP contribution in [0.2, 0.25) is 0 Å². The van der Waals surface area contributed by atoms with Gasteiger partial charge in [0.1, 0.15) is 0 Å². The van der Waals surface area contributed by atoms with Gasteiger partial charge >= 0.3 is 0 Å². The van der Waals surface area contributed by atoms with Crippen LogP contribution in [0.1, 0.15) is 19.4 Å². The lowest BCUT2D eigenvalue weighted by atomic mass is 10.2. The van der Waals surface area contributed by atoms with E-state index in [0.29, 0.717) is 0 Å². The van der Waals surface area contributed by atoms with Crippen LogP contribution in [0.25, 0.3) is 0 Å². The zero-order valence-electron chi connectivity index (χ0n) is 8.16. The van der Waals surface area contributed by atoms with Gasteiger partial charge in [0.25, 0.3) is 0 Å². The Kier molecular flexibility index (Phi) is 4.33. The van der Waals surface area contributed by atoms with Crippen molar-refractivity contribution < 1.29 is 5.11 Å². The summed E-state index contributed by atoms with van der Waals surface area (Å²) in [6.07, 6.45) is 0. The summed E-state index contributed by atoms with van der Waals surface area (Å²) in [7, 11) is 0. The fraction of sp³-hybridized carbons (Fsp3) is 0.455. The van der Waals surface area contributed by atoms with Crippen LogP contribution in [0.15, 0.2) is 29.2 Å². The van der Waals surface area contributed by atoms with Crippen LogP contribution in [0, 0.1) is 5.92 Å². The Morgan fingerprint density at radius 3 is 2.31 bits per heavy atom. The number of aliphatic hydroxyl groups excluding tert-OH is 1. The van der Waals surface area contributed by atoms with Gasteiger partial charge in [-0.1, -0.05) is 26.0 Å². The van der Waals surface area contributed by atoms with E-state index in [4.69, 9.17) is 5.11 Å². The second-order valence-corrected chi connectivity index (χ2v) is 4.60. The summed E-state index contributed by atoms with van der Waals surface area (Å²) in [5.41, 5.74) is 0.980. The molecule has 0 unspecified atom stereocenters. The van der Waals surface area contributed by atoms with Crippen LogP contribution >= 0.6 is 11.8 Å². The predicted molar refractivity (Wildman–Crippen MR) is 57.9 cm³/mol. The highest BCUT2D eigenvalue weighted by molar-refractivity contribution is 7.99. The molecule has 0 aliphatic rings. The first-order valence-corrected chi connectivity index (χ1v) is 5.53. The van der Waals surface area contributed by atoms with Gasteiger partial charge < -0.3 is 5.11 Å². The topological polar surface area (TPSA) is 20.2 Å². The fourth-order valence-electron chi connectivity index (χ4n) is 0.954. The number of aliphatic hydroxyl groups is 1. The van der Waals surface area contributed by atoms with Gasteiger partial charge in [-0.2, -0.15) is 0 Å². The van der Waals surface area contributed by atoms with Crippen LogP contribution in [-0.2, 0) is 6.61 Å². The maximum atomic E-state index is 8.84. The molecule has 0 aliphatic carbocycles. The average Bonchev–Trinajstić information content (AvgIpc) is 2.15. The molecule has 0 amide bonds. The molecular formula is C11H16OS. The van der Waals surface area contributed by atoms with Crippen molar-refractivity contribution in [2.24, 2.45) is 5.92 Å². The van der Waals surface area contributed by atoms with Crippen molar-refractivity contribution >= 4 is 11.8 Å². The summed E-state index contributed by atoms with van der Waals surface area (Å²) in [6.45, 7) is 4.57. The van der Waals surface area contributed by atoms with Crippen molar-refractivity contribution in [2.45, 2.75) is 25.3 Å². The van der Waals surface area contributed by atoms with E-state index in [0.717, 1.165) is 17.2 Å². The molecule has 0 aliphatic heterocycles. The first kappa shape index (κ1) is 10.6. The number of thioether (sulfide) groups is 1. The second-order valence-electron chi connectivity index (χ2n) is 3.51. The zero-order chi connectivity index (χ0) is 9.68. The summed E-state index contributed by atoms with van der Waals surface area (Å²) >= 11 is 1.87. The highest BCUT2D eigenvalue weighted by Gasteiger charge is 1.97. The summed E-state index contributed by atoms with van der Waals surface area (Å²) in [5.74, 6) is 1.88. The molecule has 0 heterocycles. The lowest BCUT2D eigenvalue weighted by Crippen LogP contribution is -1.90. The normalized spacial score (nSPS) is 10.8.